The fourth-order valence-corrected chi connectivity index (χ4v) is 2.87. The van der Waals surface area contributed by atoms with E-state index in [1.807, 2.05) is 0 Å². The molecular weight excluding hydrogens is 250 g/mol. The summed E-state index contributed by atoms with van der Waals surface area (Å²) in [5, 5.41) is 6.77. The topological polar surface area (TPSA) is 83.3 Å². The third kappa shape index (κ3) is 2.73. The first-order valence-electron chi connectivity index (χ1n) is 6.04. The third-order valence-electron chi connectivity index (χ3n) is 3.23. The smallest absolute Gasteiger partial charge is 0.257 e. The van der Waals surface area contributed by atoms with E-state index in [-0.39, 0.29) is 5.91 Å². The number of carbonyl (C=O) groups is 1. The van der Waals surface area contributed by atoms with Crippen LogP contribution in [0, 0.1) is 0 Å². The Hall–Kier alpha value is -1.34. The van der Waals surface area contributed by atoms with Gasteiger partial charge in [-0.05, 0) is 44.5 Å². The number of nitrogens with one attached hydrogen (secondary N) is 2. The minimum absolute atomic E-state index is 0.184. The fraction of sp³-hybridized carbons (Fsp3) is 0.636. The molecule has 1 aliphatic rings. The van der Waals surface area contributed by atoms with Crippen molar-refractivity contribution < 1.29 is 4.79 Å². The van der Waals surface area contributed by atoms with Crippen LogP contribution in [0.1, 0.15) is 23.2 Å². The molecule has 1 aromatic heterocycles. The molecule has 2 rings (SSSR count). The van der Waals surface area contributed by atoms with E-state index in [0.717, 1.165) is 30.9 Å². The van der Waals surface area contributed by atoms with Gasteiger partial charge < -0.3 is 21.3 Å². The normalized spacial score (nSPS) is 17.7. The molecule has 4 N–H and O–H groups in total. The molecule has 0 aromatic carbocycles. The Bertz CT molecular complexity index is 425. The van der Waals surface area contributed by atoms with Gasteiger partial charge in [0.2, 0.25) is 0 Å². The highest BCUT2D eigenvalue weighted by molar-refractivity contribution is 7.11. The van der Waals surface area contributed by atoms with Crippen molar-refractivity contribution >= 4 is 28.3 Å². The van der Waals surface area contributed by atoms with Crippen LogP contribution >= 0.6 is 11.5 Å². The summed E-state index contributed by atoms with van der Waals surface area (Å²) in [6.45, 7) is 2.14. The van der Waals surface area contributed by atoms with Crippen molar-refractivity contribution in [2.45, 2.75) is 18.9 Å². The van der Waals surface area contributed by atoms with E-state index in [4.69, 9.17) is 5.73 Å². The first-order valence-corrected chi connectivity index (χ1v) is 6.81. The van der Waals surface area contributed by atoms with Gasteiger partial charge in [-0.25, -0.2) is 0 Å². The highest BCUT2D eigenvalue weighted by Gasteiger charge is 2.22. The maximum absolute atomic E-state index is 11.7. The molecule has 2 heterocycles. The van der Waals surface area contributed by atoms with E-state index in [0.29, 0.717) is 17.4 Å². The van der Waals surface area contributed by atoms with Crippen LogP contribution in [0.15, 0.2) is 0 Å². The molecule has 0 saturated carbocycles. The second-order valence-corrected chi connectivity index (χ2v) is 5.35. The lowest BCUT2D eigenvalue weighted by atomic mass is 10.1. The minimum Gasteiger partial charge on any atom is -0.382 e. The summed E-state index contributed by atoms with van der Waals surface area (Å²) >= 11 is 1.25. The molecule has 1 aliphatic heterocycles. The average Bonchev–Trinajstić information content (AvgIpc) is 2.72. The first-order chi connectivity index (χ1) is 8.61. The summed E-state index contributed by atoms with van der Waals surface area (Å²) in [6.07, 6.45) is 2.14. The number of hydrogen-bond acceptors (Lipinski definition) is 6. The Morgan fingerprint density at radius 1 is 1.50 bits per heavy atom. The summed E-state index contributed by atoms with van der Waals surface area (Å²) in [5.41, 5.74) is 6.21. The molecule has 0 bridgehead atoms. The number of carbonyl (C=O) groups excluding carboxylic acids is 1. The van der Waals surface area contributed by atoms with Gasteiger partial charge in [-0.3, -0.25) is 4.79 Å². The van der Waals surface area contributed by atoms with Crippen LogP contribution in [0.4, 0.5) is 10.8 Å². The number of anilines is 2. The van der Waals surface area contributed by atoms with E-state index in [1.165, 1.54) is 11.5 Å². The van der Waals surface area contributed by atoms with Crippen LogP contribution in [-0.4, -0.2) is 48.4 Å². The number of nitrogen functional groups attached to an aromatic ring is 1. The highest BCUT2D eigenvalue weighted by atomic mass is 32.1. The van der Waals surface area contributed by atoms with Gasteiger partial charge >= 0.3 is 0 Å². The Kier molecular flexibility index (Phi) is 4.03. The Morgan fingerprint density at radius 2 is 2.17 bits per heavy atom. The molecule has 1 saturated heterocycles. The fourth-order valence-electron chi connectivity index (χ4n) is 2.08. The second kappa shape index (κ2) is 5.53. The molecule has 100 valence electrons. The lowest BCUT2D eigenvalue weighted by molar-refractivity contribution is 0.0965. The third-order valence-corrected chi connectivity index (χ3v) is 4.02. The quantitative estimate of drug-likeness (QED) is 0.748. The van der Waals surface area contributed by atoms with Gasteiger partial charge in [0.05, 0.1) is 0 Å². The Balaban J connectivity index is 2.07. The summed E-state index contributed by atoms with van der Waals surface area (Å²) in [6, 6.07) is 0.393. The number of nitrogens with zero attached hydrogens (tertiary/aromatic N) is 2. The van der Waals surface area contributed by atoms with Crippen molar-refractivity contribution in [2.24, 2.45) is 0 Å². The summed E-state index contributed by atoms with van der Waals surface area (Å²) < 4.78 is 4.05. The van der Waals surface area contributed by atoms with Crippen molar-refractivity contribution in [3.8, 4) is 0 Å². The van der Waals surface area contributed by atoms with Gasteiger partial charge in [-0.1, -0.05) is 0 Å². The standard InChI is InChI=1S/C11H19N5OS/c1-13-10(17)8-9(12)15-18-11(8)14-7-3-5-16(2)6-4-7/h7,14H,3-6H2,1-2H3,(H2,12,15)(H,13,17). The van der Waals surface area contributed by atoms with Gasteiger partial charge in [0, 0.05) is 13.1 Å². The van der Waals surface area contributed by atoms with Crippen LogP contribution in [0.25, 0.3) is 0 Å². The zero-order valence-electron chi connectivity index (χ0n) is 10.7. The van der Waals surface area contributed by atoms with Gasteiger partial charge in [0.25, 0.3) is 5.91 Å². The largest absolute Gasteiger partial charge is 0.382 e. The summed E-state index contributed by atoms with van der Waals surface area (Å²) in [7, 11) is 3.72. The first kappa shape index (κ1) is 13.1. The highest BCUT2D eigenvalue weighted by Crippen LogP contribution is 2.28. The van der Waals surface area contributed by atoms with Crippen molar-refractivity contribution in [1.29, 1.82) is 0 Å². The zero-order chi connectivity index (χ0) is 13.1. The van der Waals surface area contributed by atoms with Crippen molar-refractivity contribution in [2.75, 3.05) is 38.2 Å². The molecule has 0 spiro atoms. The molecule has 1 aromatic rings. The molecule has 7 heteroatoms. The molecule has 0 unspecified atom stereocenters. The lowest BCUT2D eigenvalue weighted by Crippen LogP contribution is -2.37. The lowest BCUT2D eigenvalue weighted by Gasteiger charge is -2.29. The molecule has 0 radical (unpaired) electrons. The predicted molar refractivity (Wildman–Crippen MR) is 74.1 cm³/mol. The molecule has 1 fully saturated rings. The Morgan fingerprint density at radius 3 is 2.78 bits per heavy atom. The van der Waals surface area contributed by atoms with Crippen LogP contribution in [0.5, 0.6) is 0 Å². The number of nitrogens with two attached hydrogens (primary N) is 1. The maximum atomic E-state index is 11.7. The number of aromatic nitrogens is 1. The van der Waals surface area contributed by atoms with Gasteiger partial charge in [0.15, 0.2) is 5.82 Å². The van der Waals surface area contributed by atoms with Crippen molar-refractivity contribution in [3.05, 3.63) is 5.56 Å². The van der Waals surface area contributed by atoms with E-state index in [9.17, 15) is 4.79 Å². The minimum atomic E-state index is -0.184. The Labute approximate surface area is 111 Å². The number of piperidine rings is 1. The van der Waals surface area contributed by atoms with E-state index < -0.39 is 0 Å². The van der Waals surface area contributed by atoms with Gasteiger partial charge in [0.1, 0.15) is 10.6 Å². The molecule has 0 atom stereocenters. The summed E-state index contributed by atoms with van der Waals surface area (Å²) in [5.74, 6) is 0.117. The van der Waals surface area contributed by atoms with E-state index in [1.54, 1.807) is 7.05 Å². The van der Waals surface area contributed by atoms with Crippen molar-refractivity contribution in [3.63, 3.8) is 0 Å². The molecular formula is C11H19N5OS. The zero-order valence-corrected chi connectivity index (χ0v) is 11.5. The maximum Gasteiger partial charge on any atom is 0.257 e. The monoisotopic (exact) mass is 269 g/mol. The number of likely N-dealkylation sites (tertiary alicyclic amines) is 1. The predicted octanol–water partition coefficient (Wildman–Crippen LogP) is 0.591. The summed E-state index contributed by atoms with van der Waals surface area (Å²) in [4.78, 5) is 14.0. The number of amides is 1. The van der Waals surface area contributed by atoms with Gasteiger partial charge in [-0.2, -0.15) is 4.37 Å². The number of hydrogen-bond donors (Lipinski definition) is 3. The molecule has 6 nitrogen and oxygen atoms in total. The van der Waals surface area contributed by atoms with E-state index >= 15 is 0 Å². The van der Waals surface area contributed by atoms with Gasteiger partial charge in [-0.15, -0.1) is 0 Å². The molecule has 0 aliphatic carbocycles. The van der Waals surface area contributed by atoms with Crippen molar-refractivity contribution in [1.82, 2.24) is 14.6 Å². The number of rotatable bonds is 3. The molecule has 18 heavy (non-hydrogen) atoms. The average molecular weight is 269 g/mol. The van der Waals surface area contributed by atoms with Crippen LogP contribution in [0.2, 0.25) is 0 Å². The molecule has 1 amide bonds. The second-order valence-electron chi connectivity index (χ2n) is 4.57. The van der Waals surface area contributed by atoms with Crippen LogP contribution < -0.4 is 16.4 Å². The van der Waals surface area contributed by atoms with E-state index in [2.05, 4.69) is 27.0 Å². The van der Waals surface area contributed by atoms with Crippen LogP contribution in [0.3, 0.4) is 0 Å². The SMILES string of the molecule is CNC(=O)c1c(N)nsc1NC1CCN(C)CC1. The van der Waals surface area contributed by atoms with Crippen LogP contribution in [-0.2, 0) is 0 Å².